The Hall–Kier alpha value is -2.13. The molecule has 0 spiro atoms. The molecule has 1 aromatic heterocycles. The number of thiophene rings is 1. The van der Waals surface area contributed by atoms with E-state index < -0.39 is 0 Å². The fourth-order valence-electron chi connectivity index (χ4n) is 2.20. The first kappa shape index (κ1) is 12.9. The van der Waals surface area contributed by atoms with Gasteiger partial charge in [0.1, 0.15) is 5.75 Å². The van der Waals surface area contributed by atoms with Gasteiger partial charge in [-0.3, -0.25) is 4.79 Å². The SMILES string of the molecule is CCOc1cccc(C(=O)c2csc3ccccc23)c1. The van der Waals surface area contributed by atoms with Crippen LogP contribution in [0.25, 0.3) is 10.1 Å². The number of carbonyl (C=O) groups is 1. The van der Waals surface area contributed by atoms with Crippen molar-refractivity contribution in [2.45, 2.75) is 6.92 Å². The van der Waals surface area contributed by atoms with E-state index in [1.807, 2.05) is 54.8 Å². The Balaban J connectivity index is 2.02. The molecule has 0 unspecified atom stereocenters. The summed E-state index contributed by atoms with van der Waals surface area (Å²) in [6, 6.07) is 15.3. The van der Waals surface area contributed by atoms with E-state index in [1.54, 1.807) is 17.4 Å². The van der Waals surface area contributed by atoms with E-state index in [0.29, 0.717) is 12.2 Å². The predicted octanol–water partition coefficient (Wildman–Crippen LogP) is 4.53. The molecule has 0 saturated heterocycles. The van der Waals surface area contributed by atoms with Gasteiger partial charge in [0.15, 0.2) is 5.78 Å². The second-order valence-corrected chi connectivity index (χ2v) is 5.35. The van der Waals surface area contributed by atoms with Crippen molar-refractivity contribution in [3.8, 4) is 5.75 Å². The maximum Gasteiger partial charge on any atom is 0.194 e. The van der Waals surface area contributed by atoms with Gasteiger partial charge < -0.3 is 4.74 Å². The van der Waals surface area contributed by atoms with Crippen LogP contribution in [-0.4, -0.2) is 12.4 Å². The van der Waals surface area contributed by atoms with Gasteiger partial charge in [-0.25, -0.2) is 0 Å². The number of rotatable bonds is 4. The van der Waals surface area contributed by atoms with Gasteiger partial charge in [-0.05, 0) is 25.1 Å². The molecule has 1 heterocycles. The molecule has 0 atom stereocenters. The monoisotopic (exact) mass is 282 g/mol. The molecule has 0 aliphatic heterocycles. The highest BCUT2D eigenvalue weighted by Crippen LogP contribution is 2.28. The molecule has 2 aromatic carbocycles. The van der Waals surface area contributed by atoms with Crippen molar-refractivity contribution in [1.29, 1.82) is 0 Å². The van der Waals surface area contributed by atoms with Gasteiger partial charge >= 0.3 is 0 Å². The van der Waals surface area contributed by atoms with Gasteiger partial charge in [0.05, 0.1) is 6.61 Å². The topological polar surface area (TPSA) is 26.3 Å². The average molecular weight is 282 g/mol. The molecule has 100 valence electrons. The molecule has 0 radical (unpaired) electrons. The van der Waals surface area contributed by atoms with Crippen LogP contribution in [0.5, 0.6) is 5.75 Å². The summed E-state index contributed by atoms with van der Waals surface area (Å²) in [7, 11) is 0. The molecule has 20 heavy (non-hydrogen) atoms. The zero-order chi connectivity index (χ0) is 13.9. The molecule has 2 nitrogen and oxygen atoms in total. The first-order valence-electron chi connectivity index (χ1n) is 6.53. The van der Waals surface area contributed by atoms with Crippen molar-refractivity contribution < 1.29 is 9.53 Å². The number of ether oxygens (including phenoxy) is 1. The van der Waals surface area contributed by atoms with Crippen LogP contribution in [0.15, 0.2) is 53.9 Å². The average Bonchev–Trinajstić information content (AvgIpc) is 2.91. The van der Waals surface area contributed by atoms with Crippen LogP contribution in [0, 0.1) is 0 Å². The van der Waals surface area contributed by atoms with Gasteiger partial charge in [0.25, 0.3) is 0 Å². The first-order chi connectivity index (χ1) is 9.79. The van der Waals surface area contributed by atoms with E-state index >= 15 is 0 Å². The maximum absolute atomic E-state index is 12.6. The fourth-order valence-corrected chi connectivity index (χ4v) is 3.14. The molecular weight excluding hydrogens is 268 g/mol. The van der Waals surface area contributed by atoms with E-state index in [-0.39, 0.29) is 5.78 Å². The third-order valence-corrected chi connectivity index (χ3v) is 4.10. The second-order valence-electron chi connectivity index (χ2n) is 4.44. The summed E-state index contributed by atoms with van der Waals surface area (Å²) in [4.78, 5) is 12.6. The standard InChI is InChI=1S/C17H14O2S/c1-2-19-13-7-5-6-12(10-13)17(18)15-11-20-16-9-4-3-8-14(15)16/h3-11H,2H2,1H3. The van der Waals surface area contributed by atoms with E-state index in [4.69, 9.17) is 4.74 Å². The quantitative estimate of drug-likeness (QED) is 0.657. The summed E-state index contributed by atoms with van der Waals surface area (Å²) in [5.74, 6) is 0.780. The zero-order valence-corrected chi connectivity index (χ0v) is 11.9. The van der Waals surface area contributed by atoms with Crippen LogP contribution in [0.1, 0.15) is 22.8 Å². The van der Waals surface area contributed by atoms with Crippen LogP contribution >= 0.6 is 11.3 Å². The highest BCUT2D eigenvalue weighted by atomic mass is 32.1. The maximum atomic E-state index is 12.6. The van der Waals surface area contributed by atoms with Crippen molar-refractivity contribution in [2.24, 2.45) is 0 Å². The normalized spacial score (nSPS) is 10.7. The molecule has 0 aliphatic rings. The number of hydrogen-bond acceptors (Lipinski definition) is 3. The smallest absolute Gasteiger partial charge is 0.194 e. The highest BCUT2D eigenvalue weighted by Gasteiger charge is 2.14. The predicted molar refractivity (Wildman–Crippen MR) is 82.9 cm³/mol. The van der Waals surface area contributed by atoms with Crippen molar-refractivity contribution >= 4 is 27.2 Å². The molecule has 0 saturated carbocycles. The van der Waals surface area contributed by atoms with Gasteiger partial charge in [-0.1, -0.05) is 30.3 Å². The number of hydrogen-bond donors (Lipinski definition) is 0. The molecule has 0 aliphatic carbocycles. The number of benzene rings is 2. The van der Waals surface area contributed by atoms with Crippen LogP contribution in [0.2, 0.25) is 0 Å². The minimum absolute atomic E-state index is 0.0454. The molecule has 3 rings (SSSR count). The van der Waals surface area contributed by atoms with Gasteiger partial charge in [0, 0.05) is 26.6 Å². The fraction of sp³-hybridized carbons (Fsp3) is 0.118. The first-order valence-corrected chi connectivity index (χ1v) is 7.41. The Bertz CT molecular complexity index is 758. The molecule has 3 heteroatoms. The summed E-state index contributed by atoms with van der Waals surface area (Å²) in [5, 5.41) is 2.95. The minimum atomic E-state index is 0.0454. The summed E-state index contributed by atoms with van der Waals surface area (Å²) in [6.45, 7) is 2.53. The zero-order valence-electron chi connectivity index (χ0n) is 11.1. The largest absolute Gasteiger partial charge is 0.494 e. The van der Waals surface area contributed by atoms with E-state index in [0.717, 1.165) is 21.4 Å². The van der Waals surface area contributed by atoms with E-state index in [9.17, 15) is 4.79 Å². The van der Waals surface area contributed by atoms with E-state index in [1.165, 1.54) is 0 Å². The lowest BCUT2D eigenvalue weighted by Gasteiger charge is -2.05. The van der Waals surface area contributed by atoms with Crippen LogP contribution < -0.4 is 4.74 Å². The number of ketones is 1. The van der Waals surface area contributed by atoms with Crippen LogP contribution in [-0.2, 0) is 0 Å². The van der Waals surface area contributed by atoms with Crippen molar-refractivity contribution in [2.75, 3.05) is 6.61 Å². The Morgan fingerprint density at radius 2 is 2.00 bits per heavy atom. The van der Waals surface area contributed by atoms with Gasteiger partial charge in [-0.2, -0.15) is 0 Å². The molecule has 0 bridgehead atoms. The van der Waals surface area contributed by atoms with Crippen molar-refractivity contribution in [3.63, 3.8) is 0 Å². The Labute approximate surface area is 121 Å². The van der Waals surface area contributed by atoms with Crippen LogP contribution in [0.4, 0.5) is 0 Å². The van der Waals surface area contributed by atoms with Crippen molar-refractivity contribution in [3.05, 3.63) is 65.0 Å². The lowest BCUT2D eigenvalue weighted by atomic mass is 10.0. The summed E-state index contributed by atoms with van der Waals surface area (Å²) in [5.41, 5.74) is 1.43. The molecule has 0 fully saturated rings. The minimum Gasteiger partial charge on any atom is -0.494 e. The highest BCUT2D eigenvalue weighted by molar-refractivity contribution is 7.17. The Morgan fingerprint density at radius 1 is 1.15 bits per heavy atom. The molecule has 0 N–H and O–H groups in total. The Morgan fingerprint density at radius 3 is 2.85 bits per heavy atom. The summed E-state index contributed by atoms with van der Waals surface area (Å²) in [6.07, 6.45) is 0. The Kier molecular flexibility index (Phi) is 3.52. The van der Waals surface area contributed by atoms with E-state index in [2.05, 4.69) is 0 Å². The lowest BCUT2D eigenvalue weighted by Crippen LogP contribution is -2.01. The molecule has 0 amide bonds. The van der Waals surface area contributed by atoms with Gasteiger partial charge in [0.2, 0.25) is 0 Å². The second kappa shape index (κ2) is 5.47. The lowest BCUT2D eigenvalue weighted by molar-refractivity contribution is 0.104. The van der Waals surface area contributed by atoms with Crippen molar-refractivity contribution in [1.82, 2.24) is 0 Å². The third-order valence-electron chi connectivity index (χ3n) is 3.13. The summed E-state index contributed by atoms with van der Waals surface area (Å²) >= 11 is 1.60. The van der Waals surface area contributed by atoms with Crippen LogP contribution in [0.3, 0.4) is 0 Å². The third kappa shape index (κ3) is 2.32. The molecular formula is C17H14O2S. The van der Waals surface area contributed by atoms with Gasteiger partial charge in [-0.15, -0.1) is 11.3 Å². The number of fused-ring (bicyclic) bond motifs is 1. The molecule has 3 aromatic rings. The number of carbonyl (C=O) groups excluding carboxylic acids is 1. The summed E-state index contributed by atoms with van der Waals surface area (Å²) < 4.78 is 6.59.